The molecule has 4 heterocycles. The summed E-state index contributed by atoms with van der Waals surface area (Å²) in [4.78, 5) is 8.28. The molecular formula is C18H27N6O5P. The SMILES string of the molecule is CCOCC(CC)=NP1(=O)OCCC2OC(c3cnc4c(N)ncnn34)C(C)C2O1. The number of hydrogen-bond donors (Lipinski definition) is 1. The second-order valence-corrected chi connectivity index (χ2v) is 8.94. The third kappa shape index (κ3) is 4.00. The van der Waals surface area contributed by atoms with Gasteiger partial charge in [-0.05, 0) is 13.3 Å². The molecule has 5 atom stereocenters. The number of imidazole rings is 1. The molecule has 2 fully saturated rings. The van der Waals surface area contributed by atoms with E-state index in [4.69, 9.17) is 24.3 Å². The first-order valence-electron chi connectivity index (χ1n) is 10.1. The lowest BCUT2D eigenvalue weighted by Gasteiger charge is -2.21. The number of ether oxygens (including phenoxy) is 2. The fourth-order valence-electron chi connectivity index (χ4n) is 3.80. The van der Waals surface area contributed by atoms with Crippen LogP contribution < -0.4 is 5.73 Å². The summed E-state index contributed by atoms with van der Waals surface area (Å²) in [6, 6.07) is 0. The number of hydrogen-bond acceptors (Lipinski definition) is 9. The molecule has 2 aliphatic heterocycles. The molecule has 0 saturated carbocycles. The van der Waals surface area contributed by atoms with Crippen LogP contribution in [0.4, 0.5) is 5.82 Å². The van der Waals surface area contributed by atoms with Crippen molar-refractivity contribution in [3.8, 4) is 0 Å². The van der Waals surface area contributed by atoms with E-state index >= 15 is 0 Å². The molecule has 4 rings (SSSR count). The highest BCUT2D eigenvalue weighted by Crippen LogP contribution is 2.57. The quantitative estimate of drug-likeness (QED) is 0.533. The van der Waals surface area contributed by atoms with Crippen LogP contribution in [-0.2, 0) is 23.1 Å². The normalized spacial score (nSPS) is 32.3. The van der Waals surface area contributed by atoms with E-state index in [0.717, 1.165) is 5.69 Å². The van der Waals surface area contributed by atoms with Crippen LogP contribution >= 0.6 is 7.75 Å². The van der Waals surface area contributed by atoms with Crippen molar-refractivity contribution in [2.45, 2.75) is 51.9 Å². The average Bonchev–Trinajstić information content (AvgIpc) is 3.23. The van der Waals surface area contributed by atoms with Gasteiger partial charge in [-0.1, -0.05) is 13.8 Å². The van der Waals surface area contributed by atoms with Crippen molar-refractivity contribution in [1.29, 1.82) is 0 Å². The first-order valence-corrected chi connectivity index (χ1v) is 11.6. The highest BCUT2D eigenvalue weighted by Gasteiger charge is 2.49. The highest BCUT2D eigenvalue weighted by atomic mass is 31.2. The van der Waals surface area contributed by atoms with Gasteiger partial charge in [0.15, 0.2) is 11.5 Å². The Morgan fingerprint density at radius 1 is 1.43 bits per heavy atom. The van der Waals surface area contributed by atoms with Crippen molar-refractivity contribution in [2.75, 3.05) is 25.6 Å². The number of nitrogen functional groups attached to an aromatic ring is 1. The Hall–Kier alpha value is -1.91. The van der Waals surface area contributed by atoms with E-state index in [2.05, 4.69) is 19.8 Å². The number of nitrogens with two attached hydrogens (primary N) is 1. The minimum absolute atomic E-state index is 0.131. The molecule has 0 aliphatic carbocycles. The van der Waals surface area contributed by atoms with E-state index in [0.29, 0.717) is 43.2 Å². The Morgan fingerprint density at radius 3 is 3.03 bits per heavy atom. The van der Waals surface area contributed by atoms with E-state index in [-0.39, 0.29) is 24.7 Å². The maximum absolute atomic E-state index is 13.3. The van der Waals surface area contributed by atoms with Gasteiger partial charge in [-0.25, -0.2) is 19.0 Å². The van der Waals surface area contributed by atoms with Crippen LogP contribution in [0.2, 0.25) is 0 Å². The van der Waals surface area contributed by atoms with E-state index in [1.54, 1.807) is 10.7 Å². The molecule has 0 amide bonds. The zero-order chi connectivity index (χ0) is 21.3. The molecule has 2 aromatic heterocycles. The lowest BCUT2D eigenvalue weighted by Crippen LogP contribution is -2.26. The Labute approximate surface area is 174 Å². The summed E-state index contributed by atoms with van der Waals surface area (Å²) in [6.07, 6.45) is 3.13. The maximum atomic E-state index is 13.3. The minimum atomic E-state index is -3.68. The summed E-state index contributed by atoms with van der Waals surface area (Å²) in [5.41, 5.74) is 7.76. The number of aromatic nitrogens is 4. The van der Waals surface area contributed by atoms with Crippen molar-refractivity contribution in [3.05, 3.63) is 18.2 Å². The van der Waals surface area contributed by atoms with Gasteiger partial charge in [0.1, 0.15) is 18.5 Å². The molecule has 0 bridgehead atoms. The molecule has 11 nitrogen and oxygen atoms in total. The van der Waals surface area contributed by atoms with Gasteiger partial charge in [0, 0.05) is 18.9 Å². The van der Waals surface area contributed by atoms with E-state index in [1.165, 1.54) is 6.33 Å². The summed E-state index contributed by atoms with van der Waals surface area (Å²) in [6.45, 7) is 6.90. The largest absolute Gasteiger partial charge is 0.454 e. The van der Waals surface area contributed by atoms with Crippen molar-refractivity contribution in [3.63, 3.8) is 0 Å². The van der Waals surface area contributed by atoms with Crippen molar-refractivity contribution in [1.82, 2.24) is 19.6 Å². The third-order valence-corrected chi connectivity index (χ3v) is 6.94. The molecule has 2 N–H and O–H groups in total. The molecule has 2 aliphatic rings. The second kappa shape index (κ2) is 8.68. The van der Waals surface area contributed by atoms with E-state index < -0.39 is 13.9 Å². The van der Waals surface area contributed by atoms with Crippen LogP contribution in [0.3, 0.4) is 0 Å². The number of fused-ring (bicyclic) bond motifs is 2. The molecule has 0 radical (unpaired) electrons. The van der Waals surface area contributed by atoms with Crippen LogP contribution in [0, 0.1) is 5.92 Å². The predicted octanol–water partition coefficient (Wildman–Crippen LogP) is 2.58. The van der Waals surface area contributed by atoms with Gasteiger partial charge in [-0.2, -0.15) is 9.86 Å². The fraction of sp³-hybridized carbons (Fsp3) is 0.667. The van der Waals surface area contributed by atoms with Gasteiger partial charge in [0.05, 0.1) is 36.9 Å². The van der Waals surface area contributed by atoms with Gasteiger partial charge in [-0.15, -0.1) is 0 Å². The van der Waals surface area contributed by atoms with Crippen LogP contribution in [0.15, 0.2) is 17.3 Å². The van der Waals surface area contributed by atoms with Gasteiger partial charge in [-0.3, -0.25) is 9.05 Å². The first kappa shape index (κ1) is 21.3. The Balaban J connectivity index is 1.59. The molecule has 30 heavy (non-hydrogen) atoms. The van der Waals surface area contributed by atoms with Crippen LogP contribution in [-0.4, -0.2) is 57.3 Å². The van der Waals surface area contributed by atoms with Gasteiger partial charge < -0.3 is 15.2 Å². The summed E-state index contributed by atoms with van der Waals surface area (Å²) in [5.74, 6) is 0.161. The lowest BCUT2D eigenvalue weighted by atomic mass is 9.96. The fourth-order valence-corrected chi connectivity index (χ4v) is 5.48. The monoisotopic (exact) mass is 438 g/mol. The summed E-state index contributed by atoms with van der Waals surface area (Å²) >= 11 is 0. The smallest absolute Gasteiger partial charge is 0.381 e. The number of anilines is 1. The predicted molar refractivity (Wildman–Crippen MR) is 109 cm³/mol. The standard InChI is InChI=1S/C18H27N6O5P/c1-4-12(9-26-5-2)23-30(25)27-7-6-14-16(29-30)11(3)15(28-14)13-8-20-18-17(19)21-10-22-24(13)18/h8,10-11,14-16H,4-7,9H2,1-3H3,(H2,19,21,22). The van der Waals surface area contributed by atoms with Crippen molar-refractivity contribution < 1.29 is 23.1 Å². The van der Waals surface area contributed by atoms with Crippen molar-refractivity contribution in [2.24, 2.45) is 10.7 Å². The van der Waals surface area contributed by atoms with E-state index in [1.807, 2.05) is 20.8 Å². The number of nitrogens with zero attached hydrogens (tertiary/aromatic N) is 5. The Morgan fingerprint density at radius 2 is 2.27 bits per heavy atom. The zero-order valence-electron chi connectivity index (χ0n) is 17.3. The van der Waals surface area contributed by atoms with Gasteiger partial charge in [0.2, 0.25) is 0 Å². The first-order chi connectivity index (χ1) is 14.5. The molecule has 2 aromatic rings. The Bertz CT molecular complexity index is 981. The topological polar surface area (TPSA) is 135 Å². The molecule has 0 spiro atoms. The third-order valence-electron chi connectivity index (χ3n) is 5.39. The maximum Gasteiger partial charge on any atom is 0.454 e. The second-order valence-electron chi connectivity index (χ2n) is 7.34. The molecule has 12 heteroatoms. The van der Waals surface area contributed by atoms with Gasteiger partial charge >= 0.3 is 7.75 Å². The van der Waals surface area contributed by atoms with Crippen molar-refractivity contribution >= 4 is 24.9 Å². The van der Waals surface area contributed by atoms with Crippen LogP contribution in [0.25, 0.3) is 5.65 Å². The van der Waals surface area contributed by atoms with Crippen LogP contribution in [0.5, 0.6) is 0 Å². The van der Waals surface area contributed by atoms with Gasteiger partial charge in [0.25, 0.3) is 0 Å². The highest BCUT2D eigenvalue weighted by molar-refractivity contribution is 7.52. The Kier molecular flexibility index (Phi) is 6.17. The molecule has 0 aromatic carbocycles. The number of rotatable bonds is 6. The minimum Gasteiger partial charge on any atom is -0.381 e. The van der Waals surface area contributed by atoms with Crippen LogP contribution in [0.1, 0.15) is 45.4 Å². The lowest BCUT2D eigenvalue weighted by molar-refractivity contribution is 0.0118. The summed E-state index contributed by atoms with van der Waals surface area (Å²) in [5, 5.41) is 4.25. The molecule has 164 valence electrons. The summed E-state index contributed by atoms with van der Waals surface area (Å²) < 4.78 is 42.5. The molecule has 5 unspecified atom stereocenters. The molecule has 2 saturated heterocycles. The van der Waals surface area contributed by atoms with E-state index in [9.17, 15) is 4.57 Å². The zero-order valence-corrected chi connectivity index (χ0v) is 18.2. The summed E-state index contributed by atoms with van der Waals surface area (Å²) in [7, 11) is -3.68. The average molecular weight is 438 g/mol. The molecular weight excluding hydrogens is 411 g/mol.